The maximum atomic E-state index is 12.7. The summed E-state index contributed by atoms with van der Waals surface area (Å²) in [6, 6.07) is 15.1. The maximum absolute atomic E-state index is 12.7. The summed E-state index contributed by atoms with van der Waals surface area (Å²) in [6.45, 7) is 1.98. The molecule has 3 rings (SSSR count). The largest absolute Gasteiger partial charge is 0.334 e. The number of aromatic nitrogens is 2. The maximum Gasteiger partial charge on any atom is 0.275 e. The number of nitrogens with one attached hydrogen (secondary N) is 1. The summed E-state index contributed by atoms with van der Waals surface area (Å²) in [7, 11) is 1.78. The van der Waals surface area contributed by atoms with Gasteiger partial charge in [-0.2, -0.15) is 5.10 Å². The van der Waals surface area contributed by atoms with Gasteiger partial charge in [-0.3, -0.25) is 9.89 Å². The van der Waals surface area contributed by atoms with Crippen molar-refractivity contribution in [2.24, 2.45) is 0 Å². The molecular formula is C17H16ClN3O. The van der Waals surface area contributed by atoms with Crippen molar-refractivity contribution in [3.8, 4) is 0 Å². The number of halogens is 1. The molecule has 1 amide bonds. The smallest absolute Gasteiger partial charge is 0.275 e. The quantitative estimate of drug-likeness (QED) is 0.793. The zero-order valence-electron chi connectivity index (χ0n) is 12.4. The molecule has 0 aliphatic carbocycles. The van der Waals surface area contributed by atoms with E-state index in [9.17, 15) is 4.79 Å². The van der Waals surface area contributed by atoms with Crippen molar-refractivity contribution in [3.05, 3.63) is 64.8 Å². The fourth-order valence-electron chi connectivity index (χ4n) is 2.43. The lowest BCUT2D eigenvalue weighted by molar-refractivity contribution is 0.0738. The molecule has 0 fully saturated rings. The highest BCUT2D eigenvalue weighted by Crippen LogP contribution is 2.24. The Morgan fingerprint density at radius 1 is 1.18 bits per heavy atom. The predicted molar refractivity (Wildman–Crippen MR) is 88.1 cm³/mol. The van der Waals surface area contributed by atoms with Gasteiger partial charge >= 0.3 is 0 Å². The van der Waals surface area contributed by atoms with Gasteiger partial charge in [0.05, 0.1) is 11.6 Å². The highest BCUT2D eigenvalue weighted by atomic mass is 35.5. The molecule has 112 valence electrons. The van der Waals surface area contributed by atoms with Gasteiger partial charge in [-0.15, -0.1) is 0 Å². The minimum absolute atomic E-state index is 0.0692. The highest BCUT2D eigenvalue weighted by Gasteiger charge is 2.22. The van der Waals surface area contributed by atoms with Crippen LogP contribution in [0.1, 0.15) is 29.0 Å². The molecule has 1 heterocycles. The third-order valence-electron chi connectivity index (χ3n) is 3.93. The first kappa shape index (κ1) is 14.6. The Balaban J connectivity index is 1.89. The first-order valence-corrected chi connectivity index (χ1v) is 7.41. The number of fused-ring (bicyclic) bond motifs is 1. The monoisotopic (exact) mass is 313 g/mol. The van der Waals surface area contributed by atoms with Crippen LogP contribution < -0.4 is 0 Å². The summed E-state index contributed by atoms with van der Waals surface area (Å²) in [5.41, 5.74) is 2.33. The molecule has 0 radical (unpaired) electrons. The Labute approximate surface area is 133 Å². The molecule has 0 saturated carbocycles. The van der Waals surface area contributed by atoms with Gasteiger partial charge in [0.1, 0.15) is 0 Å². The van der Waals surface area contributed by atoms with Crippen molar-refractivity contribution in [3.63, 3.8) is 0 Å². The van der Waals surface area contributed by atoms with E-state index in [-0.39, 0.29) is 11.9 Å². The first-order valence-electron chi connectivity index (χ1n) is 7.03. The van der Waals surface area contributed by atoms with Crippen LogP contribution in [0.25, 0.3) is 10.9 Å². The standard InChI is InChI=1S/C17H16ClN3O/c1-11(12-7-9-13(18)10-8-12)21(2)17(22)16-14-5-3-4-6-15(14)19-20-16/h3-11H,1-2H3,(H,19,20)/t11-/m1/s1. The molecule has 0 spiro atoms. The molecule has 0 unspecified atom stereocenters. The van der Waals surface area contributed by atoms with Gasteiger partial charge in [0, 0.05) is 17.5 Å². The van der Waals surface area contributed by atoms with Gasteiger partial charge in [-0.05, 0) is 30.7 Å². The molecule has 1 N–H and O–H groups in total. The van der Waals surface area contributed by atoms with Gasteiger partial charge in [0.15, 0.2) is 5.69 Å². The van der Waals surface area contributed by atoms with Crippen LogP contribution in [-0.2, 0) is 0 Å². The molecule has 3 aromatic rings. The molecule has 0 bridgehead atoms. The van der Waals surface area contributed by atoms with E-state index in [0.29, 0.717) is 10.7 Å². The second-order valence-electron chi connectivity index (χ2n) is 5.26. The number of rotatable bonds is 3. The number of hydrogen-bond donors (Lipinski definition) is 1. The third kappa shape index (κ3) is 2.57. The highest BCUT2D eigenvalue weighted by molar-refractivity contribution is 6.30. The van der Waals surface area contributed by atoms with E-state index >= 15 is 0 Å². The Morgan fingerprint density at radius 2 is 1.86 bits per heavy atom. The van der Waals surface area contributed by atoms with Crippen molar-refractivity contribution in [2.75, 3.05) is 7.05 Å². The van der Waals surface area contributed by atoms with Gasteiger partial charge in [0.25, 0.3) is 5.91 Å². The van der Waals surface area contributed by atoms with Crippen LogP contribution in [-0.4, -0.2) is 28.1 Å². The Hall–Kier alpha value is -2.33. The summed E-state index contributed by atoms with van der Waals surface area (Å²) in [5, 5.41) is 8.58. The summed E-state index contributed by atoms with van der Waals surface area (Å²) in [4.78, 5) is 14.4. The zero-order valence-corrected chi connectivity index (χ0v) is 13.1. The van der Waals surface area contributed by atoms with Crippen molar-refractivity contribution in [1.82, 2.24) is 15.1 Å². The Morgan fingerprint density at radius 3 is 2.59 bits per heavy atom. The van der Waals surface area contributed by atoms with E-state index in [2.05, 4.69) is 10.2 Å². The summed E-state index contributed by atoms with van der Waals surface area (Å²) < 4.78 is 0. The summed E-state index contributed by atoms with van der Waals surface area (Å²) in [6.07, 6.45) is 0. The number of carbonyl (C=O) groups excluding carboxylic acids is 1. The van der Waals surface area contributed by atoms with Crippen molar-refractivity contribution in [1.29, 1.82) is 0 Å². The van der Waals surface area contributed by atoms with Crippen molar-refractivity contribution < 1.29 is 4.79 Å². The lowest BCUT2D eigenvalue weighted by Gasteiger charge is -2.24. The molecule has 0 aliphatic rings. The van der Waals surface area contributed by atoms with Crippen LogP contribution in [0, 0.1) is 0 Å². The van der Waals surface area contributed by atoms with Crippen LogP contribution in [0.2, 0.25) is 5.02 Å². The number of hydrogen-bond acceptors (Lipinski definition) is 2. The average Bonchev–Trinajstić information content (AvgIpc) is 2.97. The van der Waals surface area contributed by atoms with E-state index in [0.717, 1.165) is 16.5 Å². The van der Waals surface area contributed by atoms with E-state index in [1.807, 2.05) is 55.5 Å². The molecule has 1 atom stereocenters. The molecule has 22 heavy (non-hydrogen) atoms. The van der Waals surface area contributed by atoms with Crippen molar-refractivity contribution in [2.45, 2.75) is 13.0 Å². The molecule has 0 aliphatic heterocycles. The Bertz CT molecular complexity index is 810. The second kappa shape index (κ2) is 5.81. The first-order chi connectivity index (χ1) is 10.6. The van der Waals surface area contributed by atoms with E-state index in [1.165, 1.54) is 0 Å². The van der Waals surface area contributed by atoms with Crippen LogP contribution in [0.3, 0.4) is 0 Å². The Kier molecular flexibility index (Phi) is 3.86. The molecule has 4 nitrogen and oxygen atoms in total. The number of H-pyrrole nitrogens is 1. The minimum atomic E-state index is -0.111. The SMILES string of the molecule is C[C@H](c1ccc(Cl)cc1)N(C)C(=O)c1n[nH]c2ccccc12. The van der Waals surface area contributed by atoms with Crippen LogP contribution >= 0.6 is 11.6 Å². The lowest BCUT2D eigenvalue weighted by atomic mass is 10.1. The van der Waals surface area contributed by atoms with Gasteiger partial charge in [0.2, 0.25) is 0 Å². The van der Waals surface area contributed by atoms with Gasteiger partial charge < -0.3 is 4.90 Å². The van der Waals surface area contributed by atoms with Crippen LogP contribution in [0.15, 0.2) is 48.5 Å². The average molecular weight is 314 g/mol. The normalized spacial score (nSPS) is 12.3. The van der Waals surface area contributed by atoms with Gasteiger partial charge in [-0.1, -0.05) is 41.9 Å². The molecule has 5 heteroatoms. The minimum Gasteiger partial charge on any atom is -0.334 e. The van der Waals surface area contributed by atoms with Crippen LogP contribution in [0.5, 0.6) is 0 Å². The number of amides is 1. The zero-order chi connectivity index (χ0) is 15.7. The van der Waals surface area contributed by atoms with Gasteiger partial charge in [-0.25, -0.2) is 0 Å². The molecule has 2 aromatic carbocycles. The summed E-state index contributed by atoms with van der Waals surface area (Å²) >= 11 is 5.91. The number of benzene rings is 2. The fraction of sp³-hybridized carbons (Fsp3) is 0.176. The molecular weight excluding hydrogens is 298 g/mol. The van der Waals surface area contributed by atoms with E-state index in [1.54, 1.807) is 11.9 Å². The lowest BCUT2D eigenvalue weighted by Crippen LogP contribution is -2.30. The molecule has 0 saturated heterocycles. The number of nitrogens with zero attached hydrogens (tertiary/aromatic N) is 2. The predicted octanol–water partition coefficient (Wildman–Crippen LogP) is 4.05. The molecule has 1 aromatic heterocycles. The number of aromatic amines is 1. The second-order valence-corrected chi connectivity index (χ2v) is 5.70. The van der Waals surface area contributed by atoms with Crippen LogP contribution in [0.4, 0.5) is 0 Å². The third-order valence-corrected chi connectivity index (χ3v) is 4.18. The van der Waals surface area contributed by atoms with Crippen molar-refractivity contribution >= 4 is 28.4 Å². The summed E-state index contributed by atoms with van der Waals surface area (Å²) in [5.74, 6) is -0.111. The topological polar surface area (TPSA) is 49.0 Å². The number of carbonyl (C=O) groups is 1. The number of para-hydroxylation sites is 1. The van der Waals surface area contributed by atoms with E-state index < -0.39 is 0 Å². The van der Waals surface area contributed by atoms with E-state index in [4.69, 9.17) is 11.6 Å². The fourth-order valence-corrected chi connectivity index (χ4v) is 2.56.